The van der Waals surface area contributed by atoms with Gasteiger partial charge in [0.1, 0.15) is 0 Å². The molecule has 0 aromatic heterocycles. The second kappa shape index (κ2) is 7.58. The molecule has 1 aromatic carbocycles. The molecule has 1 aliphatic rings. The first-order valence-corrected chi connectivity index (χ1v) is 8.40. The molecule has 0 radical (unpaired) electrons. The number of carbonyl (C=O) groups excluding carboxylic acids is 1. The van der Waals surface area contributed by atoms with Crippen molar-refractivity contribution in [3.05, 3.63) is 23.8 Å². The van der Waals surface area contributed by atoms with Crippen LogP contribution in [0.2, 0.25) is 0 Å². The third-order valence-corrected chi connectivity index (χ3v) is 4.14. The highest BCUT2D eigenvalue weighted by Gasteiger charge is 2.22. The summed E-state index contributed by atoms with van der Waals surface area (Å²) in [6.07, 6.45) is 3.83. The summed E-state index contributed by atoms with van der Waals surface area (Å²) >= 11 is 5.34. The minimum atomic E-state index is 0.217. The number of thiocarbonyl (C=S) groups is 1. The van der Waals surface area contributed by atoms with Crippen LogP contribution in [0.1, 0.15) is 45.1 Å². The van der Waals surface area contributed by atoms with Crippen molar-refractivity contribution in [2.24, 2.45) is 0 Å². The molecule has 0 aliphatic carbocycles. The molecule has 1 fully saturated rings. The van der Waals surface area contributed by atoms with Crippen molar-refractivity contribution in [2.45, 2.75) is 52.5 Å². The second-order valence-corrected chi connectivity index (χ2v) is 6.35. The first-order valence-electron chi connectivity index (χ1n) is 7.99. The molecule has 1 atom stereocenters. The van der Waals surface area contributed by atoms with Gasteiger partial charge in [0.2, 0.25) is 5.91 Å². The third-order valence-electron chi connectivity index (χ3n) is 3.92. The van der Waals surface area contributed by atoms with E-state index in [9.17, 15) is 4.79 Å². The molecule has 0 bridgehead atoms. The summed E-state index contributed by atoms with van der Waals surface area (Å²) in [6.45, 7) is 7.14. The summed E-state index contributed by atoms with van der Waals surface area (Å²) in [6, 6.07) is 6.39. The zero-order valence-electron chi connectivity index (χ0n) is 13.6. The van der Waals surface area contributed by atoms with Gasteiger partial charge in [0.05, 0.1) is 0 Å². The largest absolute Gasteiger partial charge is 0.360 e. The molecule has 1 aliphatic heterocycles. The third kappa shape index (κ3) is 4.19. The summed E-state index contributed by atoms with van der Waals surface area (Å²) in [5.41, 5.74) is 3.05. The molecule has 1 unspecified atom stereocenters. The van der Waals surface area contributed by atoms with E-state index < -0.39 is 0 Å². The molecule has 1 saturated heterocycles. The summed E-state index contributed by atoms with van der Waals surface area (Å²) < 4.78 is 0. The predicted molar refractivity (Wildman–Crippen MR) is 96.5 cm³/mol. The Kier molecular flexibility index (Phi) is 5.77. The van der Waals surface area contributed by atoms with Gasteiger partial charge in [-0.05, 0) is 62.7 Å². The molecule has 5 heteroatoms. The molecule has 1 amide bonds. The number of carbonyl (C=O) groups is 1. The molecular formula is C17H25N3OS. The fraction of sp³-hybridized carbons (Fsp3) is 0.529. The number of benzene rings is 1. The average molecular weight is 319 g/mol. The monoisotopic (exact) mass is 319 g/mol. The van der Waals surface area contributed by atoms with Crippen LogP contribution >= 0.6 is 12.2 Å². The van der Waals surface area contributed by atoms with Crippen molar-refractivity contribution in [3.8, 4) is 0 Å². The number of nitrogens with one attached hydrogen (secondary N) is 2. The maximum atomic E-state index is 11.9. The Morgan fingerprint density at radius 2 is 2.23 bits per heavy atom. The van der Waals surface area contributed by atoms with E-state index in [0.29, 0.717) is 17.6 Å². The first-order chi connectivity index (χ1) is 10.5. The van der Waals surface area contributed by atoms with Gasteiger partial charge < -0.3 is 15.5 Å². The molecule has 0 saturated carbocycles. The average Bonchev–Trinajstić information content (AvgIpc) is 2.85. The zero-order chi connectivity index (χ0) is 16.1. The lowest BCUT2D eigenvalue weighted by atomic mass is 10.1. The molecule has 1 heterocycles. The fourth-order valence-electron chi connectivity index (χ4n) is 2.84. The lowest BCUT2D eigenvalue weighted by Gasteiger charge is -2.20. The SMILES string of the molecule is CCCC(C)NC(=S)Nc1ccc(N2CCCC2=O)c(C)c1. The number of rotatable bonds is 5. The molecule has 1 aromatic rings. The van der Waals surface area contributed by atoms with Crippen LogP contribution in [-0.4, -0.2) is 23.6 Å². The van der Waals surface area contributed by atoms with Gasteiger partial charge in [-0.15, -0.1) is 0 Å². The van der Waals surface area contributed by atoms with Crippen molar-refractivity contribution < 1.29 is 4.79 Å². The highest BCUT2D eigenvalue weighted by molar-refractivity contribution is 7.80. The minimum Gasteiger partial charge on any atom is -0.360 e. The van der Waals surface area contributed by atoms with Crippen LogP contribution in [0.15, 0.2) is 18.2 Å². The molecule has 2 N–H and O–H groups in total. The highest BCUT2D eigenvalue weighted by atomic mass is 32.1. The minimum absolute atomic E-state index is 0.217. The summed E-state index contributed by atoms with van der Waals surface area (Å²) in [7, 11) is 0. The van der Waals surface area contributed by atoms with Gasteiger partial charge in [0.15, 0.2) is 5.11 Å². The Balaban J connectivity index is 2.00. The normalized spacial score (nSPS) is 15.8. The van der Waals surface area contributed by atoms with E-state index in [4.69, 9.17) is 12.2 Å². The Morgan fingerprint density at radius 1 is 1.45 bits per heavy atom. The molecular weight excluding hydrogens is 294 g/mol. The number of amides is 1. The molecule has 22 heavy (non-hydrogen) atoms. The van der Waals surface area contributed by atoms with Crippen molar-refractivity contribution in [2.75, 3.05) is 16.8 Å². The van der Waals surface area contributed by atoms with E-state index in [0.717, 1.165) is 42.7 Å². The van der Waals surface area contributed by atoms with E-state index >= 15 is 0 Å². The van der Waals surface area contributed by atoms with Crippen molar-refractivity contribution in [3.63, 3.8) is 0 Å². The van der Waals surface area contributed by atoms with E-state index in [-0.39, 0.29) is 5.91 Å². The van der Waals surface area contributed by atoms with Gasteiger partial charge >= 0.3 is 0 Å². The second-order valence-electron chi connectivity index (χ2n) is 5.94. The first kappa shape index (κ1) is 16.7. The van der Waals surface area contributed by atoms with Gasteiger partial charge in [-0.25, -0.2) is 0 Å². The van der Waals surface area contributed by atoms with E-state index in [1.807, 2.05) is 30.0 Å². The maximum absolute atomic E-state index is 11.9. The van der Waals surface area contributed by atoms with Crippen LogP contribution < -0.4 is 15.5 Å². The van der Waals surface area contributed by atoms with Crippen LogP contribution in [-0.2, 0) is 4.79 Å². The maximum Gasteiger partial charge on any atom is 0.227 e. The van der Waals surface area contributed by atoms with Gasteiger partial charge in [0.25, 0.3) is 0 Å². The summed E-state index contributed by atoms with van der Waals surface area (Å²) in [5, 5.41) is 7.14. The number of anilines is 2. The Bertz CT molecular complexity index is 559. The number of aryl methyl sites for hydroxylation is 1. The fourth-order valence-corrected chi connectivity index (χ4v) is 3.15. The predicted octanol–water partition coefficient (Wildman–Crippen LogP) is 3.60. The van der Waals surface area contributed by atoms with Crippen LogP contribution in [0.5, 0.6) is 0 Å². The summed E-state index contributed by atoms with van der Waals surface area (Å²) in [5.74, 6) is 0.217. The van der Waals surface area contributed by atoms with Gasteiger partial charge in [-0.3, -0.25) is 4.79 Å². The molecule has 0 spiro atoms. The van der Waals surface area contributed by atoms with Crippen molar-refractivity contribution in [1.29, 1.82) is 0 Å². The van der Waals surface area contributed by atoms with Gasteiger partial charge in [-0.1, -0.05) is 13.3 Å². The lowest BCUT2D eigenvalue weighted by Crippen LogP contribution is -2.35. The molecule has 4 nitrogen and oxygen atoms in total. The molecule has 2 rings (SSSR count). The number of hydrogen-bond acceptors (Lipinski definition) is 2. The molecule has 120 valence electrons. The highest BCUT2D eigenvalue weighted by Crippen LogP contribution is 2.27. The lowest BCUT2D eigenvalue weighted by molar-refractivity contribution is -0.117. The Hall–Kier alpha value is -1.62. The topological polar surface area (TPSA) is 44.4 Å². The van der Waals surface area contributed by atoms with Crippen molar-refractivity contribution >= 4 is 34.6 Å². The number of hydrogen-bond donors (Lipinski definition) is 2. The Labute approximate surface area is 138 Å². The zero-order valence-corrected chi connectivity index (χ0v) is 14.4. The smallest absolute Gasteiger partial charge is 0.227 e. The number of nitrogens with zero attached hydrogens (tertiary/aromatic N) is 1. The van der Waals surface area contributed by atoms with Crippen LogP contribution in [0, 0.1) is 6.92 Å². The van der Waals surface area contributed by atoms with E-state index in [1.54, 1.807) is 0 Å². The van der Waals surface area contributed by atoms with Gasteiger partial charge in [0, 0.05) is 30.4 Å². The van der Waals surface area contributed by atoms with Crippen molar-refractivity contribution in [1.82, 2.24) is 5.32 Å². The standard InChI is InChI=1S/C17H25N3OS/c1-4-6-13(3)18-17(22)19-14-8-9-15(12(2)11-14)20-10-5-7-16(20)21/h8-9,11,13H,4-7,10H2,1-3H3,(H2,18,19,22). The quantitative estimate of drug-likeness (QED) is 0.814. The van der Waals surface area contributed by atoms with Crippen LogP contribution in [0.3, 0.4) is 0 Å². The van der Waals surface area contributed by atoms with E-state index in [2.05, 4.69) is 24.5 Å². The van der Waals surface area contributed by atoms with Crippen LogP contribution in [0.25, 0.3) is 0 Å². The van der Waals surface area contributed by atoms with Crippen LogP contribution in [0.4, 0.5) is 11.4 Å². The van der Waals surface area contributed by atoms with Gasteiger partial charge in [-0.2, -0.15) is 0 Å². The van der Waals surface area contributed by atoms with E-state index in [1.165, 1.54) is 0 Å². The summed E-state index contributed by atoms with van der Waals surface area (Å²) in [4.78, 5) is 13.7. The Morgan fingerprint density at radius 3 is 2.82 bits per heavy atom.